The number of carbonyl (C=O) groups is 1. The Bertz CT molecular complexity index is 711. The highest BCUT2D eigenvalue weighted by Crippen LogP contribution is 2.35. The molecule has 5 nitrogen and oxygen atoms in total. The number of hydrogen-bond donors (Lipinski definition) is 2. The summed E-state index contributed by atoms with van der Waals surface area (Å²) in [6.07, 6.45) is -2.57. The molecule has 0 saturated heterocycles. The van der Waals surface area contributed by atoms with E-state index in [1.54, 1.807) is 0 Å². The summed E-state index contributed by atoms with van der Waals surface area (Å²) in [5, 5.41) is 12.8. The van der Waals surface area contributed by atoms with Crippen LogP contribution in [0.1, 0.15) is 28.9 Å². The molecule has 1 aromatic heterocycles. The van der Waals surface area contributed by atoms with Crippen molar-refractivity contribution in [3.05, 3.63) is 47.7 Å². The van der Waals surface area contributed by atoms with Gasteiger partial charge in [-0.3, -0.25) is 4.79 Å². The third-order valence-electron chi connectivity index (χ3n) is 3.30. The van der Waals surface area contributed by atoms with Crippen LogP contribution >= 0.6 is 0 Å². The maximum Gasteiger partial charge on any atom is 0.418 e. The highest BCUT2D eigenvalue weighted by atomic mass is 19.4. The molecule has 23 heavy (non-hydrogen) atoms. The number of alkyl halides is 3. The van der Waals surface area contributed by atoms with Crippen molar-refractivity contribution in [1.29, 1.82) is 0 Å². The first-order valence-corrected chi connectivity index (χ1v) is 7.01. The Morgan fingerprint density at radius 2 is 1.83 bits per heavy atom. The van der Waals surface area contributed by atoms with Crippen LogP contribution < -0.4 is 10.6 Å². The van der Waals surface area contributed by atoms with E-state index in [1.165, 1.54) is 30.3 Å². The van der Waals surface area contributed by atoms with Crippen LogP contribution in [0.2, 0.25) is 0 Å². The number of para-hydroxylation sites is 1. The minimum absolute atomic E-state index is 0.121. The molecular weight excluding hydrogens is 309 g/mol. The summed E-state index contributed by atoms with van der Waals surface area (Å²) in [5.74, 6) is -0.202. The fourth-order valence-corrected chi connectivity index (χ4v) is 1.98. The van der Waals surface area contributed by atoms with Gasteiger partial charge in [-0.25, -0.2) is 0 Å². The van der Waals surface area contributed by atoms with E-state index in [1.807, 2.05) is 0 Å². The lowest BCUT2D eigenvalue weighted by Gasteiger charge is -2.13. The topological polar surface area (TPSA) is 66.9 Å². The lowest BCUT2D eigenvalue weighted by atomic mass is 10.1. The van der Waals surface area contributed by atoms with Crippen molar-refractivity contribution < 1.29 is 18.0 Å². The van der Waals surface area contributed by atoms with E-state index in [2.05, 4.69) is 20.8 Å². The fraction of sp³-hybridized carbons (Fsp3) is 0.267. The number of halogens is 3. The molecule has 1 aliphatic rings. The third kappa shape index (κ3) is 3.77. The van der Waals surface area contributed by atoms with Gasteiger partial charge in [-0.05, 0) is 37.1 Å². The van der Waals surface area contributed by atoms with E-state index in [9.17, 15) is 18.0 Å². The summed E-state index contributed by atoms with van der Waals surface area (Å²) in [7, 11) is 0. The molecule has 8 heteroatoms. The van der Waals surface area contributed by atoms with Crippen LogP contribution in [0, 0.1) is 0 Å². The molecular formula is C15H13F3N4O. The largest absolute Gasteiger partial charge is 0.418 e. The number of carbonyl (C=O) groups excluding carboxylic acids is 1. The Hall–Kier alpha value is -2.64. The summed E-state index contributed by atoms with van der Waals surface area (Å²) in [5.41, 5.74) is -0.784. The van der Waals surface area contributed by atoms with Gasteiger partial charge in [0.1, 0.15) is 0 Å². The number of benzene rings is 1. The van der Waals surface area contributed by atoms with Gasteiger partial charge in [0.25, 0.3) is 5.91 Å². The third-order valence-corrected chi connectivity index (χ3v) is 3.30. The molecule has 1 saturated carbocycles. The van der Waals surface area contributed by atoms with Crippen molar-refractivity contribution in [2.75, 3.05) is 5.32 Å². The average molecular weight is 322 g/mol. The maximum absolute atomic E-state index is 12.9. The molecule has 0 atom stereocenters. The van der Waals surface area contributed by atoms with Gasteiger partial charge >= 0.3 is 6.18 Å². The summed E-state index contributed by atoms with van der Waals surface area (Å²) >= 11 is 0. The number of rotatable bonds is 4. The Kier molecular flexibility index (Phi) is 3.89. The maximum atomic E-state index is 12.9. The second-order valence-electron chi connectivity index (χ2n) is 5.22. The van der Waals surface area contributed by atoms with Gasteiger partial charge in [-0.15, -0.1) is 10.2 Å². The predicted molar refractivity (Wildman–Crippen MR) is 77.2 cm³/mol. The molecule has 2 N–H and O–H groups in total. The van der Waals surface area contributed by atoms with Gasteiger partial charge in [0, 0.05) is 6.04 Å². The van der Waals surface area contributed by atoms with Crippen LogP contribution in [-0.4, -0.2) is 22.1 Å². The quantitative estimate of drug-likeness (QED) is 0.907. The first-order chi connectivity index (χ1) is 10.9. The average Bonchev–Trinajstić information content (AvgIpc) is 3.31. The lowest BCUT2D eigenvalue weighted by molar-refractivity contribution is -0.136. The first-order valence-electron chi connectivity index (χ1n) is 7.01. The van der Waals surface area contributed by atoms with Crippen LogP contribution in [0.5, 0.6) is 0 Å². The number of anilines is 2. The first kappa shape index (κ1) is 15.3. The lowest BCUT2D eigenvalue weighted by Crippen LogP contribution is -2.26. The number of hydrogen-bond acceptors (Lipinski definition) is 4. The van der Waals surface area contributed by atoms with Gasteiger partial charge in [-0.1, -0.05) is 12.1 Å². The molecule has 0 radical (unpaired) electrons. The molecule has 0 bridgehead atoms. The molecule has 0 spiro atoms. The van der Waals surface area contributed by atoms with Gasteiger partial charge in [0.05, 0.1) is 11.3 Å². The predicted octanol–water partition coefficient (Wildman–Crippen LogP) is 3.13. The molecule has 1 fully saturated rings. The molecule has 1 heterocycles. The fourth-order valence-electron chi connectivity index (χ4n) is 1.98. The summed E-state index contributed by atoms with van der Waals surface area (Å²) in [6, 6.07) is 8.12. The minimum atomic E-state index is -4.47. The van der Waals surface area contributed by atoms with Crippen molar-refractivity contribution in [2.45, 2.75) is 25.1 Å². The minimum Gasteiger partial charge on any atom is -0.348 e. The highest BCUT2D eigenvalue weighted by molar-refractivity contribution is 5.92. The Morgan fingerprint density at radius 1 is 1.09 bits per heavy atom. The monoisotopic (exact) mass is 322 g/mol. The summed E-state index contributed by atoms with van der Waals surface area (Å²) < 4.78 is 38.8. The van der Waals surface area contributed by atoms with Gasteiger partial charge in [0.2, 0.25) is 0 Å². The zero-order chi connectivity index (χ0) is 16.4. The van der Waals surface area contributed by atoms with Crippen LogP contribution in [-0.2, 0) is 6.18 Å². The molecule has 0 aliphatic heterocycles. The Balaban J connectivity index is 1.75. The Labute approximate surface area is 129 Å². The van der Waals surface area contributed by atoms with Crippen molar-refractivity contribution in [1.82, 2.24) is 15.5 Å². The van der Waals surface area contributed by atoms with Crippen molar-refractivity contribution in [3.8, 4) is 0 Å². The normalized spacial score (nSPS) is 14.4. The van der Waals surface area contributed by atoms with E-state index in [4.69, 9.17) is 0 Å². The van der Waals surface area contributed by atoms with Crippen LogP contribution in [0.15, 0.2) is 36.4 Å². The van der Waals surface area contributed by atoms with Crippen molar-refractivity contribution in [2.24, 2.45) is 0 Å². The standard InChI is InChI=1S/C15H13F3N4O/c16-15(17,18)10-3-1-2-4-11(10)20-13-8-7-12(21-22-13)14(23)19-9-5-6-9/h1-4,7-9H,5-6H2,(H,19,23)(H,20,22). The molecule has 120 valence electrons. The van der Waals surface area contributed by atoms with Crippen LogP contribution in [0.25, 0.3) is 0 Å². The molecule has 1 amide bonds. The second-order valence-corrected chi connectivity index (χ2v) is 5.22. The van der Waals surface area contributed by atoms with E-state index in [0.29, 0.717) is 0 Å². The highest BCUT2D eigenvalue weighted by Gasteiger charge is 2.33. The van der Waals surface area contributed by atoms with Crippen LogP contribution in [0.3, 0.4) is 0 Å². The summed E-state index contributed by atoms with van der Waals surface area (Å²) in [6.45, 7) is 0. The molecule has 2 aromatic rings. The molecule has 0 unspecified atom stereocenters. The number of aromatic nitrogens is 2. The number of nitrogens with zero attached hydrogens (tertiary/aromatic N) is 2. The van der Waals surface area contributed by atoms with Gasteiger partial charge in [0.15, 0.2) is 11.5 Å². The molecule has 3 rings (SSSR count). The zero-order valence-electron chi connectivity index (χ0n) is 11.9. The second kappa shape index (κ2) is 5.86. The van der Waals surface area contributed by atoms with E-state index in [0.717, 1.165) is 18.9 Å². The number of amides is 1. The molecule has 1 aliphatic carbocycles. The van der Waals surface area contributed by atoms with E-state index in [-0.39, 0.29) is 29.1 Å². The van der Waals surface area contributed by atoms with Crippen molar-refractivity contribution in [3.63, 3.8) is 0 Å². The Morgan fingerprint density at radius 3 is 2.43 bits per heavy atom. The van der Waals surface area contributed by atoms with Crippen molar-refractivity contribution >= 4 is 17.4 Å². The zero-order valence-corrected chi connectivity index (χ0v) is 11.9. The smallest absolute Gasteiger partial charge is 0.348 e. The summed E-state index contributed by atoms with van der Waals surface area (Å²) in [4.78, 5) is 11.8. The SMILES string of the molecule is O=C(NC1CC1)c1ccc(Nc2ccccc2C(F)(F)F)nn1. The van der Waals surface area contributed by atoms with Crippen LogP contribution in [0.4, 0.5) is 24.7 Å². The molecule has 1 aromatic carbocycles. The van der Waals surface area contributed by atoms with E-state index >= 15 is 0 Å². The number of nitrogens with one attached hydrogen (secondary N) is 2. The van der Waals surface area contributed by atoms with Gasteiger partial charge < -0.3 is 10.6 Å². The van der Waals surface area contributed by atoms with E-state index < -0.39 is 11.7 Å². The van der Waals surface area contributed by atoms with Gasteiger partial charge in [-0.2, -0.15) is 13.2 Å².